The van der Waals surface area contributed by atoms with Gasteiger partial charge in [-0.15, -0.1) is 0 Å². The summed E-state index contributed by atoms with van der Waals surface area (Å²) in [5.41, 5.74) is 4.73. The van der Waals surface area contributed by atoms with Crippen LogP contribution in [0, 0.1) is 0 Å². The first-order valence-corrected chi connectivity index (χ1v) is 13.1. The molecule has 0 bridgehead atoms. The lowest BCUT2D eigenvalue weighted by Gasteiger charge is -2.37. The number of nitrogens with zero attached hydrogens (tertiary/aromatic N) is 2. The Labute approximate surface area is 235 Å². The lowest BCUT2D eigenvalue weighted by atomic mass is 9.88. The van der Waals surface area contributed by atoms with Crippen molar-refractivity contribution < 1.29 is 14.4 Å². The van der Waals surface area contributed by atoms with Gasteiger partial charge in [-0.3, -0.25) is 9.59 Å². The molecule has 1 aromatic heterocycles. The van der Waals surface area contributed by atoms with Crippen LogP contribution in [-0.2, 0) is 12.8 Å². The summed E-state index contributed by atoms with van der Waals surface area (Å²) in [5.74, 6) is -0.198. The van der Waals surface area contributed by atoms with E-state index in [1.165, 1.54) is 6.92 Å². The molecule has 3 aromatic carbocycles. The molecule has 39 heavy (non-hydrogen) atoms. The van der Waals surface area contributed by atoms with Crippen LogP contribution in [-0.4, -0.2) is 39.1 Å². The molecule has 1 aliphatic rings. The lowest BCUT2D eigenvalue weighted by molar-refractivity contribution is 0.0649. The highest BCUT2D eigenvalue weighted by molar-refractivity contribution is 6.42. The van der Waals surface area contributed by atoms with Crippen molar-refractivity contribution in [2.24, 2.45) is 0 Å². The van der Waals surface area contributed by atoms with Crippen LogP contribution in [0.25, 0.3) is 0 Å². The maximum absolute atomic E-state index is 13.8. The number of hydrogen-bond donors (Lipinski definition) is 3. The summed E-state index contributed by atoms with van der Waals surface area (Å²) in [7, 11) is 0. The number of benzene rings is 3. The normalized spacial score (nSPS) is 14.6. The highest BCUT2D eigenvalue weighted by atomic mass is 35.5. The van der Waals surface area contributed by atoms with Crippen LogP contribution in [0.15, 0.2) is 73.2 Å². The van der Waals surface area contributed by atoms with Gasteiger partial charge in [-0.05, 0) is 73.0 Å². The van der Waals surface area contributed by atoms with Crippen LogP contribution in [0.5, 0.6) is 0 Å². The van der Waals surface area contributed by atoms with Crippen LogP contribution >= 0.6 is 23.2 Å². The zero-order valence-corrected chi connectivity index (χ0v) is 22.5. The van der Waals surface area contributed by atoms with Crippen LogP contribution in [0.2, 0.25) is 10.0 Å². The molecule has 0 saturated heterocycles. The summed E-state index contributed by atoms with van der Waals surface area (Å²) in [4.78, 5) is 47.0. The number of imidazole rings is 1. The molecule has 2 heterocycles. The molecule has 3 N–H and O–H groups in total. The van der Waals surface area contributed by atoms with Gasteiger partial charge in [0.2, 0.25) is 0 Å². The van der Waals surface area contributed by atoms with E-state index >= 15 is 0 Å². The summed E-state index contributed by atoms with van der Waals surface area (Å²) in [6, 6.07) is 16.7. The van der Waals surface area contributed by atoms with E-state index in [9.17, 15) is 14.4 Å². The fourth-order valence-electron chi connectivity index (χ4n) is 4.67. The van der Waals surface area contributed by atoms with Crippen molar-refractivity contribution in [3.05, 3.63) is 111 Å². The van der Waals surface area contributed by atoms with Crippen molar-refractivity contribution in [1.82, 2.24) is 14.9 Å². The Kier molecular flexibility index (Phi) is 7.67. The fourth-order valence-corrected chi connectivity index (χ4v) is 4.97. The molecule has 198 valence electrons. The zero-order chi connectivity index (χ0) is 27.5. The average Bonchev–Trinajstić information content (AvgIpc) is 3.44. The molecule has 1 unspecified atom stereocenters. The molecule has 3 amide bonds. The van der Waals surface area contributed by atoms with Gasteiger partial charge in [0.1, 0.15) is 0 Å². The quantitative estimate of drug-likeness (QED) is 0.222. The molecule has 1 atom stereocenters. The number of anilines is 2. The van der Waals surface area contributed by atoms with Crippen molar-refractivity contribution in [3.8, 4) is 0 Å². The van der Waals surface area contributed by atoms with E-state index in [-0.39, 0.29) is 17.7 Å². The van der Waals surface area contributed by atoms with E-state index in [0.29, 0.717) is 51.9 Å². The van der Waals surface area contributed by atoms with Crippen LogP contribution in [0.4, 0.5) is 16.2 Å². The maximum Gasteiger partial charge on any atom is 0.323 e. The first-order valence-electron chi connectivity index (χ1n) is 12.3. The molecule has 5 rings (SSSR count). The van der Waals surface area contributed by atoms with Gasteiger partial charge in [0.05, 0.1) is 28.1 Å². The average molecular weight is 562 g/mol. The number of ketones is 1. The fraction of sp³-hybridized carbons (Fsp3) is 0.172. The molecule has 0 radical (unpaired) electrons. The Morgan fingerprint density at radius 3 is 2.44 bits per heavy atom. The molecule has 1 aliphatic heterocycles. The smallest absolute Gasteiger partial charge is 0.323 e. The number of halogens is 2. The van der Waals surface area contributed by atoms with Crippen LogP contribution in [0.1, 0.15) is 50.5 Å². The molecule has 0 aliphatic carbocycles. The number of H-pyrrole nitrogens is 1. The Hall–Kier alpha value is -4.14. The minimum atomic E-state index is -0.460. The summed E-state index contributed by atoms with van der Waals surface area (Å²) >= 11 is 12.5. The standard InChI is InChI=1S/C29H25Cl2N5O3/c1-17(37)18-2-6-21(7-3-18)34-29(39)35-22-8-4-19-13-27(20-5-9-25(30)26(31)12-20)36(28(38)24(19)14-22)11-10-23-15-32-16-33-23/h2-9,12,14-16,27H,10-11,13H2,1H3,(H,32,33)(H2,34,35,39). The maximum atomic E-state index is 13.8. The number of amides is 3. The first-order chi connectivity index (χ1) is 18.8. The van der Waals surface area contributed by atoms with Crippen LogP contribution in [0.3, 0.4) is 0 Å². The second-order valence-corrected chi connectivity index (χ2v) is 10.1. The SMILES string of the molecule is CC(=O)c1ccc(NC(=O)Nc2ccc3c(c2)C(=O)N(CCc2c[nH]cn2)C(c2ccc(Cl)c(Cl)c2)C3)cc1. The topological polar surface area (TPSA) is 107 Å². The van der Waals surface area contributed by atoms with Gasteiger partial charge < -0.3 is 20.5 Å². The van der Waals surface area contributed by atoms with Crippen molar-refractivity contribution in [1.29, 1.82) is 0 Å². The summed E-state index contributed by atoms with van der Waals surface area (Å²) in [5, 5.41) is 6.42. The predicted molar refractivity (Wildman–Crippen MR) is 152 cm³/mol. The third-order valence-electron chi connectivity index (χ3n) is 6.69. The van der Waals surface area contributed by atoms with Crippen molar-refractivity contribution >= 4 is 52.3 Å². The van der Waals surface area contributed by atoms with Gasteiger partial charge in [-0.1, -0.05) is 35.3 Å². The number of carbonyl (C=O) groups excluding carboxylic acids is 3. The zero-order valence-electron chi connectivity index (χ0n) is 21.0. The summed E-state index contributed by atoms with van der Waals surface area (Å²) in [6.45, 7) is 1.93. The summed E-state index contributed by atoms with van der Waals surface area (Å²) < 4.78 is 0. The third kappa shape index (κ3) is 5.97. The number of hydrogen-bond acceptors (Lipinski definition) is 4. The number of nitrogens with one attached hydrogen (secondary N) is 3. The second kappa shape index (κ2) is 11.3. The number of rotatable bonds is 7. The monoisotopic (exact) mass is 561 g/mol. The first kappa shape index (κ1) is 26.5. The number of Topliss-reactive ketones (excluding diaryl/α,β-unsaturated/α-hetero) is 1. The molecular formula is C29H25Cl2N5O3. The van der Waals surface area contributed by atoms with Gasteiger partial charge in [0, 0.05) is 41.7 Å². The third-order valence-corrected chi connectivity index (χ3v) is 7.43. The number of fused-ring (bicyclic) bond motifs is 1. The molecule has 0 spiro atoms. The molecule has 8 nitrogen and oxygen atoms in total. The van der Waals surface area contributed by atoms with E-state index in [0.717, 1.165) is 16.8 Å². The highest BCUT2D eigenvalue weighted by Gasteiger charge is 2.33. The second-order valence-electron chi connectivity index (χ2n) is 9.29. The van der Waals surface area contributed by atoms with Crippen molar-refractivity contribution in [2.75, 3.05) is 17.2 Å². The Bertz CT molecular complexity index is 1540. The largest absolute Gasteiger partial charge is 0.351 e. The van der Waals surface area contributed by atoms with E-state index < -0.39 is 6.03 Å². The van der Waals surface area contributed by atoms with Crippen LogP contribution < -0.4 is 10.6 Å². The van der Waals surface area contributed by atoms with E-state index in [4.69, 9.17) is 23.2 Å². The van der Waals surface area contributed by atoms with E-state index in [1.807, 2.05) is 23.2 Å². The molecular weight excluding hydrogens is 537 g/mol. The number of aromatic nitrogens is 2. The van der Waals surface area contributed by atoms with E-state index in [2.05, 4.69) is 20.6 Å². The van der Waals surface area contributed by atoms with Crippen molar-refractivity contribution in [3.63, 3.8) is 0 Å². The Balaban J connectivity index is 1.37. The number of aromatic amines is 1. The number of carbonyl (C=O) groups is 3. The Morgan fingerprint density at radius 2 is 1.74 bits per heavy atom. The number of urea groups is 1. The summed E-state index contributed by atoms with van der Waals surface area (Å²) in [6.07, 6.45) is 4.57. The minimum absolute atomic E-state index is 0.0514. The van der Waals surface area contributed by atoms with Gasteiger partial charge >= 0.3 is 6.03 Å². The molecule has 0 fully saturated rings. The minimum Gasteiger partial charge on any atom is -0.351 e. The lowest BCUT2D eigenvalue weighted by Crippen LogP contribution is -2.41. The predicted octanol–water partition coefficient (Wildman–Crippen LogP) is 6.55. The highest BCUT2D eigenvalue weighted by Crippen LogP contribution is 2.36. The van der Waals surface area contributed by atoms with Crippen molar-refractivity contribution in [2.45, 2.75) is 25.8 Å². The van der Waals surface area contributed by atoms with Gasteiger partial charge in [0.15, 0.2) is 5.78 Å². The van der Waals surface area contributed by atoms with Gasteiger partial charge in [-0.25, -0.2) is 9.78 Å². The molecule has 10 heteroatoms. The van der Waals surface area contributed by atoms with Gasteiger partial charge in [-0.2, -0.15) is 0 Å². The molecule has 0 saturated carbocycles. The Morgan fingerprint density at radius 1 is 1.00 bits per heavy atom. The van der Waals surface area contributed by atoms with E-state index in [1.54, 1.807) is 54.9 Å². The molecule has 4 aromatic rings. The van der Waals surface area contributed by atoms with Gasteiger partial charge in [0.25, 0.3) is 5.91 Å².